The number of piperidine rings is 1. The molecule has 0 bridgehead atoms. The molecule has 0 amide bonds. The number of nitrogens with zero attached hydrogens (tertiary/aromatic N) is 1. The number of unbranched alkanes of at least 4 members (excludes halogenated alkanes) is 6. The summed E-state index contributed by atoms with van der Waals surface area (Å²) in [4.78, 5) is 2.55. The van der Waals surface area contributed by atoms with E-state index in [2.05, 4.69) is 11.8 Å². The van der Waals surface area contributed by atoms with E-state index in [4.69, 9.17) is 0 Å². The van der Waals surface area contributed by atoms with Crippen LogP contribution in [0.1, 0.15) is 84.0 Å². The quantitative estimate of drug-likeness (QED) is 0.669. The van der Waals surface area contributed by atoms with E-state index < -0.39 is 0 Å². The van der Waals surface area contributed by atoms with E-state index in [1.807, 2.05) is 0 Å². The average Bonchev–Trinajstić information content (AvgIpc) is 2.77. The van der Waals surface area contributed by atoms with Crippen molar-refractivity contribution < 1.29 is 5.11 Å². The topological polar surface area (TPSA) is 23.5 Å². The van der Waals surface area contributed by atoms with E-state index in [-0.39, 0.29) is 5.60 Å². The van der Waals surface area contributed by atoms with Crippen LogP contribution in [0, 0.1) is 0 Å². The third-order valence-corrected chi connectivity index (χ3v) is 5.28. The molecule has 1 N–H and O–H groups in total. The number of hydrogen-bond donors (Lipinski definition) is 1. The summed E-state index contributed by atoms with van der Waals surface area (Å²) < 4.78 is 0. The van der Waals surface area contributed by atoms with E-state index in [9.17, 15) is 5.11 Å². The predicted octanol–water partition coefficient (Wildman–Crippen LogP) is 4.12. The summed E-state index contributed by atoms with van der Waals surface area (Å²) in [5.41, 5.74) is -0.343. The fourth-order valence-electron chi connectivity index (χ4n) is 4.05. The van der Waals surface area contributed by atoms with Gasteiger partial charge in [-0.2, -0.15) is 0 Å². The van der Waals surface area contributed by atoms with Crippen LogP contribution in [0.25, 0.3) is 0 Å². The van der Waals surface area contributed by atoms with Gasteiger partial charge in [0.2, 0.25) is 0 Å². The lowest BCUT2D eigenvalue weighted by Crippen LogP contribution is -2.46. The van der Waals surface area contributed by atoms with Crippen LogP contribution in [0.2, 0.25) is 0 Å². The van der Waals surface area contributed by atoms with Crippen molar-refractivity contribution in [1.82, 2.24) is 4.90 Å². The Bertz CT molecular complexity index is 256. The van der Waals surface area contributed by atoms with Crippen molar-refractivity contribution >= 4 is 0 Å². The third-order valence-electron chi connectivity index (χ3n) is 5.28. The normalized spacial score (nSPS) is 31.6. The molecule has 2 nitrogen and oxygen atoms in total. The zero-order valence-electron chi connectivity index (χ0n) is 12.9. The van der Waals surface area contributed by atoms with Crippen LogP contribution in [-0.2, 0) is 0 Å². The molecular weight excluding hydrogens is 234 g/mol. The van der Waals surface area contributed by atoms with Gasteiger partial charge in [0, 0.05) is 12.6 Å². The van der Waals surface area contributed by atoms with Gasteiger partial charge in [-0.15, -0.1) is 0 Å². The Morgan fingerprint density at radius 1 is 1.00 bits per heavy atom. The van der Waals surface area contributed by atoms with Crippen LogP contribution in [0.15, 0.2) is 0 Å². The lowest BCUT2D eigenvalue weighted by Gasteiger charge is -2.37. The Hall–Kier alpha value is -0.0800. The first-order valence-electron chi connectivity index (χ1n) is 8.73. The fraction of sp³-hybridized carbons (Fsp3) is 1.00. The second kappa shape index (κ2) is 7.64. The summed E-state index contributed by atoms with van der Waals surface area (Å²) in [7, 11) is 0. The molecule has 2 unspecified atom stereocenters. The molecular formula is C17H33NO. The molecule has 0 aromatic rings. The van der Waals surface area contributed by atoms with Gasteiger partial charge in [0.1, 0.15) is 0 Å². The third kappa shape index (κ3) is 4.19. The molecule has 2 aliphatic heterocycles. The van der Waals surface area contributed by atoms with E-state index in [1.165, 1.54) is 70.8 Å². The molecule has 19 heavy (non-hydrogen) atoms. The van der Waals surface area contributed by atoms with Crippen LogP contribution < -0.4 is 0 Å². The summed E-state index contributed by atoms with van der Waals surface area (Å²) in [6, 6.07) is 0.487. The van der Waals surface area contributed by atoms with Gasteiger partial charge in [-0.1, -0.05) is 58.3 Å². The van der Waals surface area contributed by atoms with Gasteiger partial charge in [-0.3, -0.25) is 4.90 Å². The monoisotopic (exact) mass is 267 g/mol. The van der Waals surface area contributed by atoms with Gasteiger partial charge < -0.3 is 5.11 Å². The first kappa shape index (κ1) is 15.3. The minimum absolute atomic E-state index is 0.343. The molecule has 2 rings (SSSR count). The Balaban J connectivity index is 1.62. The van der Waals surface area contributed by atoms with Crippen molar-refractivity contribution in [2.75, 3.05) is 13.1 Å². The van der Waals surface area contributed by atoms with Gasteiger partial charge in [0.25, 0.3) is 0 Å². The second-order valence-electron chi connectivity index (χ2n) is 6.77. The molecule has 0 aromatic heterocycles. The van der Waals surface area contributed by atoms with Crippen LogP contribution in [0.3, 0.4) is 0 Å². The minimum atomic E-state index is -0.343. The highest BCUT2D eigenvalue weighted by Gasteiger charge is 2.45. The van der Waals surface area contributed by atoms with Crippen molar-refractivity contribution in [3.05, 3.63) is 0 Å². The molecule has 2 atom stereocenters. The van der Waals surface area contributed by atoms with Gasteiger partial charge in [-0.05, 0) is 32.2 Å². The van der Waals surface area contributed by atoms with Crippen molar-refractivity contribution in [3.8, 4) is 0 Å². The predicted molar refractivity (Wildman–Crippen MR) is 81.4 cm³/mol. The highest BCUT2D eigenvalue weighted by atomic mass is 16.3. The highest BCUT2D eigenvalue weighted by Crippen LogP contribution is 2.38. The molecule has 2 saturated heterocycles. The van der Waals surface area contributed by atoms with Crippen molar-refractivity contribution in [2.45, 2.75) is 95.6 Å². The number of hydrogen-bond acceptors (Lipinski definition) is 2. The van der Waals surface area contributed by atoms with E-state index in [0.717, 1.165) is 19.4 Å². The summed E-state index contributed by atoms with van der Waals surface area (Å²) in [6.45, 7) is 4.63. The molecule has 2 heteroatoms. The summed E-state index contributed by atoms with van der Waals surface area (Å²) in [5.74, 6) is 0. The summed E-state index contributed by atoms with van der Waals surface area (Å²) >= 11 is 0. The first-order valence-corrected chi connectivity index (χ1v) is 8.73. The van der Waals surface area contributed by atoms with Crippen LogP contribution >= 0.6 is 0 Å². The maximum atomic E-state index is 10.9. The smallest absolute Gasteiger partial charge is 0.0814 e. The Morgan fingerprint density at radius 3 is 2.53 bits per heavy atom. The molecule has 0 aliphatic carbocycles. The van der Waals surface area contributed by atoms with Crippen molar-refractivity contribution in [1.29, 1.82) is 0 Å². The maximum absolute atomic E-state index is 10.9. The zero-order valence-corrected chi connectivity index (χ0v) is 12.9. The molecule has 0 radical (unpaired) electrons. The van der Waals surface area contributed by atoms with Crippen molar-refractivity contribution in [3.63, 3.8) is 0 Å². The Morgan fingerprint density at radius 2 is 1.74 bits per heavy atom. The van der Waals surface area contributed by atoms with Gasteiger partial charge in [-0.25, -0.2) is 0 Å². The van der Waals surface area contributed by atoms with Crippen LogP contribution in [-0.4, -0.2) is 34.7 Å². The lowest BCUT2D eigenvalue weighted by atomic mass is 9.84. The van der Waals surface area contributed by atoms with Crippen LogP contribution in [0.5, 0.6) is 0 Å². The SMILES string of the molecule is CCCCCCCCCC1(O)CCN2CCCCC21. The zero-order chi connectivity index (χ0) is 13.6. The Labute approximate surface area is 119 Å². The van der Waals surface area contributed by atoms with Crippen molar-refractivity contribution in [2.24, 2.45) is 0 Å². The standard InChI is InChI=1S/C17H33NO/c1-2-3-4-5-6-7-9-12-17(19)13-15-18-14-10-8-11-16(17)18/h16,19H,2-15H2,1H3. The van der Waals surface area contributed by atoms with Gasteiger partial charge in [0.15, 0.2) is 0 Å². The number of fused-ring (bicyclic) bond motifs is 1. The summed E-state index contributed by atoms with van der Waals surface area (Å²) in [5, 5.41) is 10.9. The molecule has 2 fully saturated rings. The molecule has 0 saturated carbocycles. The van der Waals surface area contributed by atoms with Crippen LogP contribution in [0.4, 0.5) is 0 Å². The number of aliphatic hydroxyl groups is 1. The maximum Gasteiger partial charge on any atom is 0.0814 e. The summed E-state index contributed by atoms with van der Waals surface area (Å²) in [6.07, 6.45) is 15.4. The first-order chi connectivity index (χ1) is 9.26. The molecule has 0 aromatic carbocycles. The Kier molecular flexibility index (Phi) is 6.15. The minimum Gasteiger partial charge on any atom is -0.388 e. The molecule has 0 spiro atoms. The largest absolute Gasteiger partial charge is 0.388 e. The van der Waals surface area contributed by atoms with E-state index in [1.54, 1.807) is 0 Å². The fourth-order valence-corrected chi connectivity index (χ4v) is 4.05. The number of rotatable bonds is 8. The lowest BCUT2D eigenvalue weighted by molar-refractivity contribution is -0.0178. The van der Waals surface area contributed by atoms with Gasteiger partial charge >= 0.3 is 0 Å². The molecule has 2 heterocycles. The van der Waals surface area contributed by atoms with E-state index in [0.29, 0.717) is 6.04 Å². The van der Waals surface area contributed by atoms with Gasteiger partial charge in [0.05, 0.1) is 5.60 Å². The molecule has 2 aliphatic rings. The average molecular weight is 267 g/mol. The molecule has 112 valence electrons. The second-order valence-corrected chi connectivity index (χ2v) is 6.77. The van der Waals surface area contributed by atoms with E-state index >= 15 is 0 Å². The highest BCUT2D eigenvalue weighted by molar-refractivity contribution is 5.00.